The number of phenols is 1. The van der Waals surface area contributed by atoms with E-state index in [2.05, 4.69) is 16.0 Å². The maximum Gasteiger partial charge on any atom is 0.270 e. The second-order valence-electron chi connectivity index (χ2n) is 9.82. The first kappa shape index (κ1) is 35.0. The van der Waals surface area contributed by atoms with Crippen LogP contribution in [0.2, 0.25) is 20.1 Å². The van der Waals surface area contributed by atoms with Gasteiger partial charge in [-0.15, -0.1) is 0 Å². The highest BCUT2D eigenvalue weighted by atomic mass is 35.5. The van der Waals surface area contributed by atoms with E-state index in [0.717, 1.165) is 0 Å². The lowest BCUT2D eigenvalue weighted by atomic mass is 10.0. The van der Waals surface area contributed by atoms with Crippen molar-refractivity contribution in [3.05, 3.63) is 61.0 Å². The Labute approximate surface area is 270 Å². The minimum absolute atomic E-state index is 0.0700. The zero-order valence-electron chi connectivity index (χ0n) is 23.1. The first-order valence-corrected chi connectivity index (χ1v) is 14.5. The fourth-order valence-corrected chi connectivity index (χ4v) is 5.10. The van der Waals surface area contributed by atoms with E-state index in [1.807, 2.05) is 0 Å². The van der Waals surface area contributed by atoms with E-state index in [-0.39, 0.29) is 50.1 Å². The molecule has 0 aliphatic carbocycles. The summed E-state index contributed by atoms with van der Waals surface area (Å²) < 4.78 is 0. The minimum atomic E-state index is -1.53. The summed E-state index contributed by atoms with van der Waals surface area (Å²) in [6.45, 7) is 2.52. The summed E-state index contributed by atoms with van der Waals surface area (Å²) >= 11 is 24.4. The van der Waals surface area contributed by atoms with Gasteiger partial charge in [0.15, 0.2) is 0 Å². The van der Waals surface area contributed by atoms with Gasteiger partial charge < -0.3 is 31.9 Å². The van der Waals surface area contributed by atoms with Crippen molar-refractivity contribution in [2.24, 2.45) is 5.73 Å². The zero-order chi connectivity index (χ0) is 33.0. The van der Waals surface area contributed by atoms with Gasteiger partial charge in [0.25, 0.3) is 17.7 Å². The van der Waals surface area contributed by atoms with Crippen molar-refractivity contribution in [3.8, 4) is 5.75 Å². The lowest BCUT2D eigenvalue weighted by molar-refractivity contribution is -0.134. The normalized spacial score (nSPS) is 15.2. The Bertz CT molecular complexity index is 1470. The van der Waals surface area contributed by atoms with Crippen molar-refractivity contribution in [2.45, 2.75) is 50.9 Å². The maximum atomic E-state index is 13.7. The number of hydrogen-bond donors (Lipinski definition) is 6. The highest BCUT2D eigenvalue weighted by molar-refractivity contribution is 6.55. The number of aliphatic hydroxyl groups excluding tert-OH is 1. The molecular formula is C27H27Cl4N5O8. The Morgan fingerprint density at radius 2 is 1.39 bits per heavy atom. The first-order valence-electron chi connectivity index (χ1n) is 12.9. The third-order valence-corrected chi connectivity index (χ3v) is 8.36. The van der Waals surface area contributed by atoms with Gasteiger partial charge in [-0.25, -0.2) is 4.90 Å². The van der Waals surface area contributed by atoms with Crippen LogP contribution in [-0.2, 0) is 25.6 Å². The fourth-order valence-electron chi connectivity index (χ4n) is 4.09. The standard InChI is InChI=1S/C27H27Cl4N5O8/c1-10(34-15(39)7-8-33-24(41)22(32)11(2)37)23(40)35-14(9-12-3-5-13(38)6-4-12)25(42)36-26(43)16-17(27(36)44)19(29)21(31)20(30)18(16)28/h3-6,10-11,14,22,37-38H,7-9,32H2,1-2H3,(H,33,41)(H,34,39)(H,35,40)/t10-,11+,14-,22-/m0/s1. The Kier molecular flexibility index (Phi) is 11.6. The SMILES string of the molecule is C[C@H](NC(=O)CCNC(=O)[C@@H](N)[C@@H](C)O)C(=O)N[C@@H](Cc1ccc(O)cc1)C(=O)N1C(=O)c2c(Cl)c(Cl)c(Cl)c(Cl)c2C1=O. The highest BCUT2D eigenvalue weighted by Gasteiger charge is 2.47. The number of phenolic OH excluding ortho intramolecular Hbond substituents is 1. The Morgan fingerprint density at radius 3 is 1.89 bits per heavy atom. The molecular weight excluding hydrogens is 664 g/mol. The van der Waals surface area contributed by atoms with Gasteiger partial charge in [0.1, 0.15) is 23.9 Å². The summed E-state index contributed by atoms with van der Waals surface area (Å²) in [5.41, 5.74) is 5.09. The van der Waals surface area contributed by atoms with Crippen molar-refractivity contribution in [1.29, 1.82) is 0 Å². The fraction of sp³-hybridized carbons (Fsp3) is 0.333. The summed E-state index contributed by atoms with van der Waals surface area (Å²) in [7, 11) is 0. The smallest absolute Gasteiger partial charge is 0.270 e. The molecule has 0 bridgehead atoms. The molecule has 236 valence electrons. The number of rotatable bonds is 11. The molecule has 6 amide bonds. The van der Waals surface area contributed by atoms with Gasteiger partial charge in [-0.2, -0.15) is 0 Å². The quantitative estimate of drug-likeness (QED) is 0.115. The van der Waals surface area contributed by atoms with Gasteiger partial charge in [0, 0.05) is 19.4 Å². The van der Waals surface area contributed by atoms with Crippen molar-refractivity contribution >= 4 is 81.8 Å². The van der Waals surface area contributed by atoms with Gasteiger partial charge in [-0.1, -0.05) is 58.5 Å². The summed E-state index contributed by atoms with van der Waals surface area (Å²) in [5.74, 6) is -5.65. The van der Waals surface area contributed by atoms with Crippen LogP contribution in [0.3, 0.4) is 0 Å². The number of imide groups is 3. The van der Waals surface area contributed by atoms with Crippen molar-refractivity contribution in [3.63, 3.8) is 0 Å². The lowest BCUT2D eigenvalue weighted by Crippen LogP contribution is -2.55. The van der Waals surface area contributed by atoms with E-state index in [1.165, 1.54) is 38.1 Å². The molecule has 17 heteroatoms. The van der Waals surface area contributed by atoms with E-state index < -0.39 is 70.8 Å². The monoisotopic (exact) mass is 689 g/mol. The molecule has 0 unspecified atom stereocenters. The lowest BCUT2D eigenvalue weighted by Gasteiger charge is -2.24. The average molecular weight is 691 g/mol. The number of aromatic hydroxyl groups is 1. The summed E-state index contributed by atoms with van der Waals surface area (Å²) in [5, 5.41) is 24.9. The van der Waals surface area contributed by atoms with E-state index in [4.69, 9.17) is 52.1 Å². The van der Waals surface area contributed by atoms with Crippen LogP contribution in [0.4, 0.5) is 0 Å². The van der Waals surface area contributed by atoms with E-state index >= 15 is 0 Å². The molecule has 7 N–H and O–H groups in total. The molecule has 0 aromatic heterocycles. The molecule has 1 heterocycles. The molecule has 13 nitrogen and oxygen atoms in total. The maximum absolute atomic E-state index is 13.7. The molecule has 0 fully saturated rings. The molecule has 4 atom stereocenters. The summed E-state index contributed by atoms with van der Waals surface area (Å²) in [6.07, 6.45) is -1.58. The van der Waals surface area contributed by atoms with E-state index in [0.29, 0.717) is 5.56 Å². The van der Waals surface area contributed by atoms with Gasteiger partial charge in [-0.3, -0.25) is 28.8 Å². The van der Waals surface area contributed by atoms with Crippen LogP contribution in [0.5, 0.6) is 5.75 Å². The van der Waals surface area contributed by atoms with E-state index in [9.17, 15) is 39.0 Å². The van der Waals surface area contributed by atoms with Crippen molar-refractivity contribution in [2.75, 3.05) is 6.54 Å². The van der Waals surface area contributed by atoms with Crippen LogP contribution < -0.4 is 21.7 Å². The van der Waals surface area contributed by atoms with Gasteiger partial charge in [0.2, 0.25) is 17.7 Å². The molecule has 0 saturated carbocycles. The third kappa shape index (κ3) is 7.60. The van der Waals surface area contributed by atoms with Crippen molar-refractivity contribution in [1.82, 2.24) is 20.9 Å². The number of nitrogens with one attached hydrogen (secondary N) is 3. The molecule has 3 rings (SSSR count). The molecule has 0 spiro atoms. The first-order chi connectivity index (χ1) is 20.6. The largest absolute Gasteiger partial charge is 0.508 e. The number of benzene rings is 2. The number of amides is 6. The molecule has 0 saturated heterocycles. The van der Waals surface area contributed by atoms with Crippen LogP contribution in [0.1, 0.15) is 46.5 Å². The van der Waals surface area contributed by atoms with Crippen LogP contribution in [0, 0.1) is 0 Å². The second-order valence-corrected chi connectivity index (χ2v) is 11.3. The number of carbonyl (C=O) groups is 6. The molecule has 0 radical (unpaired) electrons. The number of hydrogen-bond acceptors (Lipinski definition) is 9. The number of nitrogens with zero attached hydrogens (tertiary/aromatic N) is 1. The Hall–Kier alpha value is -3.46. The predicted octanol–water partition coefficient (Wildman–Crippen LogP) is 1.58. The average Bonchev–Trinajstić information content (AvgIpc) is 3.24. The number of carbonyl (C=O) groups excluding carboxylic acids is 6. The Balaban J connectivity index is 1.78. The molecule has 44 heavy (non-hydrogen) atoms. The number of halogens is 4. The van der Waals surface area contributed by atoms with Crippen LogP contribution >= 0.6 is 46.4 Å². The topological polar surface area (TPSA) is 208 Å². The molecule has 2 aromatic carbocycles. The van der Waals surface area contributed by atoms with Crippen LogP contribution in [-0.4, -0.2) is 81.3 Å². The predicted molar refractivity (Wildman–Crippen MR) is 161 cm³/mol. The van der Waals surface area contributed by atoms with Gasteiger partial charge in [-0.05, 0) is 31.5 Å². The summed E-state index contributed by atoms with van der Waals surface area (Å²) in [6, 6.07) is 1.66. The minimum Gasteiger partial charge on any atom is -0.508 e. The van der Waals surface area contributed by atoms with E-state index in [1.54, 1.807) is 0 Å². The molecule has 2 aromatic rings. The number of aliphatic hydroxyl groups is 1. The highest BCUT2D eigenvalue weighted by Crippen LogP contribution is 2.45. The summed E-state index contributed by atoms with van der Waals surface area (Å²) in [4.78, 5) is 77.8. The molecule has 1 aliphatic heterocycles. The third-order valence-electron chi connectivity index (χ3n) is 6.56. The second kappa shape index (κ2) is 14.5. The van der Waals surface area contributed by atoms with Gasteiger partial charge in [0.05, 0.1) is 37.3 Å². The van der Waals surface area contributed by atoms with Crippen LogP contribution in [0.25, 0.3) is 0 Å². The Morgan fingerprint density at radius 1 is 0.864 bits per heavy atom. The van der Waals surface area contributed by atoms with Gasteiger partial charge >= 0.3 is 0 Å². The molecule has 1 aliphatic rings. The number of nitrogens with two attached hydrogens (primary N) is 1. The zero-order valence-corrected chi connectivity index (χ0v) is 26.1. The van der Waals surface area contributed by atoms with Crippen molar-refractivity contribution < 1.29 is 39.0 Å². The number of fused-ring (bicyclic) bond motifs is 1. The van der Waals surface area contributed by atoms with Crippen LogP contribution in [0.15, 0.2) is 24.3 Å².